The van der Waals surface area contributed by atoms with E-state index in [0.717, 1.165) is 148 Å². The second-order valence-electron chi connectivity index (χ2n) is 20.8. The minimum Gasteiger partial charge on any atom is -0.463 e. The normalized spacial score (nSPS) is 15.3. The van der Waals surface area contributed by atoms with Gasteiger partial charge < -0.3 is 34.2 Å². The van der Waals surface area contributed by atoms with Crippen LogP contribution >= 0.6 is 15.6 Å². The second-order valence-corrected chi connectivity index (χ2v) is 23.7. The van der Waals surface area contributed by atoms with Crippen LogP contribution in [0.15, 0.2) is 146 Å². The van der Waals surface area contributed by atoms with Gasteiger partial charge in [0.25, 0.3) is 0 Å². The minimum atomic E-state index is -4.95. The summed E-state index contributed by atoms with van der Waals surface area (Å²) in [7, 11) is -9.81. The zero-order valence-corrected chi connectivity index (χ0v) is 54.9. The number of phosphoric ester groups is 2. The van der Waals surface area contributed by atoms with Crippen LogP contribution in [0.5, 0.6) is 0 Å². The summed E-state index contributed by atoms with van der Waals surface area (Å²) in [6.45, 7) is 2.18. The number of aliphatic hydroxyl groups excluding tert-OH is 2. The molecular formula is C69H112O16P2. The molecule has 0 aromatic heterocycles. The van der Waals surface area contributed by atoms with Crippen molar-refractivity contribution in [2.45, 2.75) is 232 Å². The van der Waals surface area contributed by atoms with Crippen LogP contribution in [0.4, 0.5) is 0 Å². The average molecular weight is 1260 g/mol. The van der Waals surface area contributed by atoms with Crippen molar-refractivity contribution in [1.29, 1.82) is 0 Å². The second kappa shape index (κ2) is 61.7. The van der Waals surface area contributed by atoms with Crippen LogP contribution in [0.25, 0.3) is 0 Å². The summed E-state index contributed by atoms with van der Waals surface area (Å²) in [5, 5.41) is 20.5. The zero-order valence-electron chi connectivity index (χ0n) is 53.1. The molecule has 0 heterocycles. The van der Waals surface area contributed by atoms with Crippen molar-refractivity contribution in [3.63, 3.8) is 0 Å². The molecule has 0 bridgehead atoms. The molecular weight excluding hydrogens is 1150 g/mol. The Balaban J connectivity index is 4.77. The van der Waals surface area contributed by atoms with Crippen LogP contribution in [-0.4, -0.2) is 95.9 Å². The predicted octanol–water partition coefficient (Wildman–Crippen LogP) is 17.4. The molecule has 0 aromatic rings. The van der Waals surface area contributed by atoms with Gasteiger partial charge in [0.2, 0.25) is 0 Å². The Bertz CT molecular complexity index is 2170. The van der Waals surface area contributed by atoms with Crippen LogP contribution < -0.4 is 0 Å². The molecule has 0 aliphatic rings. The van der Waals surface area contributed by atoms with E-state index in [0.29, 0.717) is 25.7 Å². The van der Waals surface area contributed by atoms with E-state index in [4.69, 9.17) is 32.3 Å². The van der Waals surface area contributed by atoms with Crippen molar-refractivity contribution in [2.75, 3.05) is 39.6 Å². The third-order valence-corrected chi connectivity index (χ3v) is 14.4. The summed E-state index contributed by atoms with van der Waals surface area (Å²) >= 11 is 0. The van der Waals surface area contributed by atoms with E-state index in [1.807, 2.05) is 12.2 Å². The zero-order chi connectivity index (χ0) is 63.8. The molecule has 0 rings (SSSR count). The summed E-state index contributed by atoms with van der Waals surface area (Å²) in [4.78, 5) is 58.2. The first-order valence-electron chi connectivity index (χ1n) is 32.1. The van der Waals surface area contributed by atoms with Crippen molar-refractivity contribution in [3.05, 3.63) is 146 Å². The van der Waals surface area contributed by atoms with Gasteiger partial charge in [0.1, 0.15) is 25.4 Å². The first-order valence-corrected chi connectivity index (χ1v) is 35.1. The molecule has 0 aromatic carbocycles. The van der Waals surface area contributed by atoms with E-state index >= 15 is 0 Å². The number of aliphatic hydroxyl groups is 2. The molecule has 0 amide bonds. The Hall–Kier alpha value is -4.57. The largest absolute Gasteiger partial charge is 0.472 e. The lowest BCUT2D eigenvalue weighted by Crippen LogP contribution is -2.30. The molecule has 5 atom stereocenters. The van der Waals surface area contributed by atoms with E-state index in [2.05, 4.69) is 154 Å². The highest BCUT2D eigenvalue weighted by Crippen LogP contribution is 2.45. The van der Waals surface area contributed by atoms with Crippen LogP contribution in [0.2, 0.25) is 0 Å². The number of unbranched alkanes of at least 4 members (excludes halogenated alkanes) is 12. The minimum absolute atomic E-state index is 0.0670. The average Bonchev–Trinajstić information content (AvgIpc) is 3.68. The number of phosphoric acid groups is 2. The summed E-state index contributed by atoms with van der Waals surface area (Å²) in [6, 6.07) is 0. The highest BCUT2D eigenvalue weighted by Gasteiger charge is 2.29. The van der Waals surface area contributed by atoms with E-state index < -0.39 is 91.5 Å². The molecule has 0 spiro atoms. The highest BCUT2D eigenvalue weighted by molar-refractivity contribution is 7.47. The quantitative estimate of drug-likeness (QED) is 0.0146. The van der Waals surface area contributed by atoms with Gasteiger partial charge in [0, 0.05) is 19.3 Å². The van der Waals surface area contributed by atoms with Gasteiger partial charge in [-0.05, 0) is 128 Å². The number of hydrogen-bond acceptors (Lipinski definition) is 14. The molecule has 5 unspecified atom stereocenters. The Kier molecular flexibility index (Phi) is 58.4. The molecule has 494 valence electrons. The summed E-state index contributed by atoms with van der Waals surface area (Å²) in [6.07, 6.45) is 72.0. The van der Waals surface area contributed by atoms with E-state index in [-0.39, 0.29) is 19.3 Å². The van der Waals surface area contributed by atoms with E-state index in [9.17, 15) is 43.5 Å². The van der Waals surface area contributed by atoms with Gasteiger partial charge in [-0.2, -0.15) is 0 Å². The maximum atomic E-state index is 12.9. The molecule has 4 N–H and O–H groups in total. The van der Waals surface area contributed by atoms with Crippen molar-refractivity contribution in [1.82, 2.24) is 0 Å². The third-order valence-electron chi connectivity index (χ3n) is 12.5. The molecule has 0 saturated heterocycles. The number of esters is 3. The Labute approximate surface area is 524 Å². The summed E-state index contributed by atoms with van der Waals surface area (Å²) in [5.41, 5.74) is 0. The first kappa shape index (κ1) is 82.4. The van der Waals surface area contributed by atoms with Gasteiger partial charge in [-0.1, -0.05) is 212 Å². The van der Waals surface area contributed by atoms with Gasteiger partial charge in [-0.3, -0.25) is 32.5 Å². The maximum Gasteiger partial charge on any atom is 0.472 e. The molecule has 0 aliphatic heterocycles. The fourth-order valence-electron chi connectivity index (χ4n) is 7.73. The summed E-state index contributed by atoms with van der Waals surface area (Å²) in [5.74, 6) is -1.69. The summed E-state index contributed by atoms with van der Waals surface area (Å²) < 4.78 is 60.7. The molecule has 0 aliphatic carbocycles. The number of hydrogen-bond donors (Lipinski definition) is 4. The van der Waals surface area contributed by atoms with Gasteiger partial charge in [-0.15, -0.1) is 0 Å². The highest BCUT2D eigenvalue weighted by atomic mass is 31.2. The first-order chi connectivity index (χ1) is 42.2. The SMILES string of the molecule is CC/C=C\C/C=C\C/C=C\C/C=C\C/C=C\CCCC(=O)OCC(COP(=O)(O)OCC(O)COP(=O)(O)OCC(O)COC(=O)CCCCCCCC/C=C\C/C=C\C/C=C\C/C=C\CC)OC(=O)CCCCCCC/C=C\C/C=C\C/C=C\CC. The smallest absolute Gasteiger partial charge is 0.463 e. The number of rotatable bonds is 59. The Morgan fingerprint density at radius 3 is 0.954 bits per heavy atom. The molecule has 87 heavy (non-hydrogen) atoms. The monoisotopic (exact) mass is 1260 g/mol. The van der Waals surface area contributed by atoms with Crippen molar-refractivity contribution in [2.24, 2.45) is 0 Å². The lowest BCUT2D eigenvalue weighted by Gasteiger charge is -2.21. The van der Waals surface area contributed by atoms with Crippen LogP contribution in [0.1, 0.15) is 213 Å². The topological polar surface area (TPSA) is 231 Å². The van der Waals surface area contributed by atoms with E-state index in [1.165, 1.54) is 0 Å². The van der Waals surface area contributed by atoms with Crippen molar-refractivity contribution in [3.8, 4) is 0 Å². The number of carbonyl (C=O) groups excluding carboxylic acids is 3. The lowest BCUT2D eigenvalue weighted by molar-refractivity contribution is -0.161. The van der Waals surface area contributed by atoms with E-state index in [1.54, 1.807) is 0 Å². The van der Waals surface area contributed by atoms with Gasteiger partial charge >= 0.3 is 33.6 Å². The Morgan fingerprint density at radius 2 is 0.586 bits per heavy atom. The van der Waals surface area contributed by atoms with Crippen LogP contribution in [0.3, 0.4) is 0 Å². The third kappa shape index (κ3) is 62.8. The molecule has 18 heteroatoms. The van der Waals surface area contributed by atoms with Gasteiger partial charge in [0.15, 0.2) is 6.10 Å². The standard InChI is InChI=1S/C69H112O16P2/c1-4-7-10-13-16-19-22-25-28-30-31-33-36-37-40-43-46-49-52-55-67(72)79-58-64(70)59-81-86(75,76)82-60-65(71)61-83-87(77,78)84-63-66(85-69(74)57-54-51-48-45-42-39-34-27-24-21-18-15-12-9-6-3)62-80-68(73)56-53-50-47-44-41-38-35-32-29-26-23-20-17-14-11-8-5-2/h7-12,16-21,25-29,31,33-35,38,44,47,64-66,70-71H,4-6,13-15,22-24,30,32,36-37,39-43,45-46,48-63H2,1-3H3,(H,75,76)(H,77,78)/b10-7-,11-8-,12-9-,19-16-,20-17-,21-18-,28-25-,29-26-,33-31-,34-27-,38-35-,47-44-. The van der Waals surface area contributed by atoms with Crippen molar-refractivity contribution < 1.29 is 75.8 Å². The number of allylic oxidation sites excluding steroid dienone is 24. The van der Waals surface area contributed by atoms with Crippen LogP contribution in [0, 0.1) is 0 Å². The molecule has 0 radical (unpaired) electrons. The fourth-order valence-corrected chi connectivity index (χ4v) is 9.31. The van der Waals surface area contributed by atoms with Gasteiger partial charge in [0.05, 0.1) is 26.4 Å². The fraction of sp³-hybridized carbons (Fsp3) is 0.609. The van der Waals surface area contributed by atoms with Gasteiger partial charge in [-0.25, -0.2) is 9.13 Å². The molecule has 0 saturated carbocycles. The lowest BCUT2D eigenvalue weighted by atomic mass is 10.1. The van der Waals surface area contributed by atoms with Crippen molar-refractivity contribution >= 4 is 33.6 Å². The molecule has 16 nitrogen and oxygen atoms in total. The Morgan fingerprint density at radius 1 is 0.322 bits per heavy atom. The number of ether oxygens (including phenoxy) is 3. The van der Waals surface area contributed by atoms with Crippen LogP contribution in [-0.2, 0) is 55.8 Å². The molecule has 0 fully saturated rings. The maximum absolute atomic E-state index is 12.9. The number of carbonyl (C=O) groups is 3. The predicted molar refractivity (Wildman–Crippen MR) is 352 cm³/mol.